The molecule has 0 aliphatic carbocycles. The highest BCUT2D eigenvalue weighted by atomic mass is 33.2. The highest BCUT2D eigenvalue weighted by molar-refractivity contribution is 8.95. The Morgan fingerprint density at radius 2 is 2.12 bits per heavy atom. The summed E-state index contributed by atoms with van der Waals surface area (Å²) in [4.78, 5) is 0. The van der Waals surface area contributed by atoms with Crippen LogP contribution in [0.15, 0.2) is 0 Å². The molecule has 0 radical (unpaired) electrons. The molecule has 48 valence electrons. The second kappa shape index (κ2) is 3.26. The SMILES string of the molecule is CCS(C)(C)SC#N. The zero-order valence-corrected chi connectivity index (χ0v) is 7.10. The number of hydrogen-bond donors (Lipinski definition) is 0. The van der Waals surface area contributed by atoms with Gasteiger partial charge < -0.3 is 0 Å². The van der Waals surface area contributed by atoms with Gasteiger partial charge in [0.25, 0.3) is 0 Å². The van der Waals surface area contributed by atoms with Gasteiger partial charge in [0, 0.05) is 10.8 Å². The standard InChI is InChI=1S/C5H11NS2/c1-4-8(2,3)7-5-6/h4H2,1-3H3. The number of nitrogens with zero attached hydrogens (tertiary/aromatic N) is 1. The Hall–Kier alpha value is 0.190. The van der Waals surface area contributed by atoms with E-state index in [0.717, 1.165) is 5.75 Å². The fraction of sp³-hybridized carbons (Fsp3) is 0.800. The van der Waals surface area contributed by atoms with E-state index in [-0.39, 0.29) is 0 Å². The molecule has 0 amide bonds. The smallest absolute Gasteiger partial charge is 0.143 e. The van der Waals surface area contributed by atoms with E-state index in [2.05, 4.69) is 24.8 Å². The average molecular weight is 149 g/mol. The molecule has 0 unspecified atom stereocenters. The molecule has 0 bridgehead atoms. The zero-order valence-electron chi connectivity index (χ0n) is 5.47. The Morgan fingerprint density at radius 1 is 1.62 bits per heavy atom. The number of nitriles is 1. The summed E-state index contributed by atoms with van der Waals surface area (Å²) in [6.07, 6.45) is 4.31. The van der Waals surface area contributed by atoms with E-state index in [1.54, 1.807) is 0 Å². The molecule has 3 heteroatoms. The fourth-order valence-electron chi connectivity index (χ4n) is 0.160. The van der Waals surface area contributed by atoms with Gasteiger partial charge in [-0.15, -0.1) is 0 Å². The van der Waals surface area contributed by atoms with Gasteiger partial charge in [-0.05, 0) is 18.3 Å². The molecule has 0 spiro atoms. The summed E-state index contributed by atoms with van der Waals surface area (Å²) in [5.74, 6) is 1.13. The lowest BCUT2D eigenvalue weighted by Crippen LogP contribution is -1.89. The maximum absolute atomic E-state index is 8.27. The van der Waals surface area contributed by atoms with Crippen LogP contribution in [0.25, 0.3) is 0 Å². The molecular formula is C5H11NS2. The third kappa shape index (κ3) is 3.23. The fourth-order valence-corrected chi connectivity index (χ4v) is 1.44. The lowest BCUT2D eigenvalue weighted by molar-refractivity contribution is 1.51. The van der Waals surface area contributed by atoms with Crippen molar-refractivity contribution < 1.29 is 0 Å². The van der Waals surface area contributed by atoms with Crippen LogP contribution < -0.4 is 0 Å². The van der Waals surface area contributed by atoms with Gasteiger partial charge in [-0.2, -0.15) is 14.3 Å². The van der Waals surface area contributed by atoms with E-state index in [0.29, 0.717) is 0 Å². The molecule has 0 aromatic rings. The molecule has 0 aromatic carbocycles. The van der Waals surface area contributed by atoms with Crippen molar-refractivity contribution in [2.45, 2.75) is 6.92 Å². The Kier molecular flexibility index (Phi) is 3.34. The monoisotopic (exact) mass is 149 g/mol. The minimum atomic E-state index is -0.614. The highest BCUT2D eigenvalue weighted by Crippen LogP contribution is 2.52. The van der Waals surface area contributed by atoms with Crippen molar-refractivity contribution in [3.05, 3.63) is 0 Å². The molecule has 0 atom stereocenters. The van der Waals surface area contributed by atoms with Crippen molar-refractivity contribution in [2.24, 2.45) is 0 Å². The average Bonchev–Trinajstić information content (AvgIpc) is 1.67. The third-order valence-electron chi connectivity index (χ3n) is 0.958. The number of thiocyanates is 1. The van der Waals surface area contributed by atoms with E-state index in [1.807, 2.05) is 0 Å². The molecule has 0 aliphatic heterocycles. The second-order valence-electron chi connectivity index (χ2n) is 1.90. The van der Waals surface area contributed by atoms with Gasteiger partial charge in [0.15, 0.2) is 0 Å². The maximum atomic E-state index is 8.27. The first-order valence-electron chi connectivity index (χ1n) is 2.41. The minimum absolute atomic E-state index is 0.614. The van der Waals surface area contributed by atoms with E-state index in [9.17, 15) is 0 Å². The molecule has 0 saturated heterocycles. The second-order valence-corrected chi connectivity index (χ2v) is 8.91. The van der Waals surface area contributed by atoms with Crippen LogP contribution in [-0.2, 0) is 0 Å². The Bertz CT molecular complexity index is 103. The summed E-state index contributed by atoms with van der Waals surface area (Å²) >= 11 is 0. The van der Waals surface area contributed by atoms with Crippen LogP contribution in [0.1, 0.15) is 6.92 Å². The topological polar surface area (TPSA) is 23.8 Å². The van der Waals surface area contributed by atoms with Crippen molar-refractivity contribution in [3.63, 3.8) is 0 Å². The summed E-state index contributed by atoms with van der Waals surface area (Å²) < 4.78 is 0. The maximum Gasteiger partial charge on any atom is 0.143 e. The van der Waals surface area contributed by atoms with Crippen LogP contribution in [0, 0.1) is 10.7 Å². The van der Waals surface area contributed by atoms with E-state index < -0.39 is 9.06 Å². The predicted octanol–water partition coefficient (Wildman–Crippen LogP) is 2.20. The zero-order chi connectivity index (χ0) is 6.62. The molecule has 0 saturated carbocycles. The van der Waals surface area contributed by atoms with Crippen LogP contribution >= 0.6 is 19.9 Å². The Balaban J connectivity index is 3.58. The van der Waals surface area contributed by atoms with Crippen LogP contribution in [0.5, 0.6) is 0 Å². The quantitative estimate of drug-likeness (QED) is 0.444. The van der Waals surface area contributed by atoms with Gasteiger partial charge in [0.1, 0.15) is 5.40 Å². The molecule has 0 aromatic heterocycles. The minimum Gasteiger partial charge on any atom is -0.185 e. The summed E-state index contributed by atoms with van der Waals surface area (Å²) in [5, 5.41) is 10.4. The van der Waals surface area contributed by atoms with Gasteiger partial charge in [-0.3, -0.25) is 0 Å². The molecule has 0 heterocycles. The molecular weight excluding hydrogens is 138 g/mol. The lowest BCUT2D eigenvalue weighted by atomic mass is 11.0. The van der Waals surface area contributed by atoms with Gasteiger partial charge in [0.2, 0.25) is 0 Å². The van der Waals surface area contributed by atoms with Gasteiger partial charge in [-0.25, -0.2) is 0 Å². The van der Waals surface area contributed by atoms with E-state index >= 15 is 0 Å². The summed E-state index contributed by atoms with van der Waals surface area (Å²) in [5.41, 5.74) is 0. The van der Waals surface area contributed by atoms with Crippen LogP contribution in [-0.4, -0.2) is 18.3 Å². The van der Waals surface area contributed by atoms with Gasteiger partial charge >= 0.3 is 0 Å². The first-order chi connectivity index (χ1) is 3.62. The lowest BCUT2D eigenvalue weighted by Gasteiger charge is -2.23. The van der Waals surface area contributed by atoms with E-state index in [1.165, 1.54) is 10.8 Å². The summed E-state index contributed by atoms with van der Waals surface area (Å²) in [6, 6.07) is 0. The molecule has 0 rings (SSSR count). The van der Waals surface area contributed by atoms with Crippen LogP contribution in [0.3, 0.4) is 0 Å². The summed E-state index contributed by atoms with van der Waals surface area (Å²) in [6.45, 7) is 2.12. The first-order valence-corrected chi connectivity index (χ1v) is 6.36. The molecule has 0 N–H and O–H groups in total. The van der Waals surface area contributed by atoms with Crippen molar-refractivity contribution in [3.8, 4) is 5.40 Å². The highest BCUT2D eigenvalue weighted by Gasteiger charge is 2.07. The molecule has 8 heavy (non-hydrogen) atoms. The predicted molar refractivity (Wildman–Crippen MR) is 43.2 cm³/mol. The number of rotatable bonds is 2. The largest absolute Gasteiger partial charge is 0.185 e. The first kappa shape index (κ1) is 8.19. The normalized spacial score (nSPS) is 12.8. The molecule has 0 fully saturated rings. The van der Waals surface area contributed by atoms with Crippen LogP contribution in [0.4, 0.5) is 0 Å². The third-order valence-corrected chi connectivity index (χ3v) is 5.16. The van der Waals surface area contributed by atoms with Crippen molar-refractivity contribution in [2.75, 3.05) is 18.3 Å². The Labute approximate surface area is 56.2 Å². The molecule has 1 nitrogen and oxygen atoms in total. The molecule has 0 aliphatic rings. The van der Waals surface area contributed by atoms with E-state index in [4.69, 9.17) is 5.26 Å². The van der Waals surface area contributed by atoms with Crippen LogP contribution in [0.2, 0.25) is 0 Å². The van der Waals surface area contributed by atoms with Crippen molar-refractivity contribution >= 4 is 19.9 Å². The number of hydrogen-bond acceptors (Lipinski definition) is 2. The van der Waals surface area contributed by atoms with Gasteiger partial charge in [-0.1, -0.05) is 6.92 Å². The Morgan fingerprint density at radius 3 is 2.25 bits per heavy atom. The van der Waals surface area contributed by atoms with Crippen molar-refractivity contribution in [1.29, 1.82) is 5.26 Å². The summed E-state index contributed by atoms with van der Waals surface area (Å²) in [7, 11) is 0.808. The van der Waals surface area contributed by atoms with Gasteiger partial charge in [0.05, 0.1) is 0 Å². The van der Waals surface area contributed by atoms with Crippen molar-refractivity contribution in [1.82, 2.24) is 0 Å².